The van der Waals surface area contributed by atoms with E-state index in [4.69, 9.17) is 0 Å². The molecule has 0 spiro atoms. The summed E-state index contributed by atoms with van der Waals surface area (Å²) in [7, 11) is 2.03. The van der Waals surface area contributed by atoms with Crippen molar-refractivity contribution in [3.05, 3.63) is 30.1 Å². The zero-order valence-electron chi connectivity index (χ0n) is 17.7. The highest BCUT2D eigenvalue weighted by atomic mass is 16.2. The van der Waals surface area contributed by atoms with E-state index in [-0.39, 0.29) is 5.91 Å². The molecule has 3 saturated heterocycles. The molecule has 3 fully saturated rings. The Balaban J connectivity index is 1.13. The van der Waals surface area contributed by atoms with Crippen molar-refractivity contribution in [2.24, 2.45) is 18.9 Å². The van der Waals surface area contributed by atoms with Gasteiger partial charge >= 0.3 is 0 Å². The normalized spacial score (nSPS) is 26.6. The molecule has 0 aliphatic carbocycles. The number of carbonyl (C=O) groups excluding carboxylic acids is 2. The van der Waals surface area contributed by atoms with Crippen LogP contribution < -0.4 is 5.32 Å². The summed E-state index contributed by atoms with van der Waals surface area (Å²) >= 11 is 0. The van der Waals surface area contributed by atoms with Gasteiger partial charge in [-0.05, 0) is 43.2 Å². The van der Waals surface area contributed by atoms with Crippen LogP contribution in [0.4, 0.5) is 0 Å². The lowest BCUT2D eigenvalue weighted by atomic mass is 9.76. The Morgan fingerprint density at radius 1 is 1.23 bits per heavy atom. The number of nitrogens with one attached hydrogen (secondary N) is 1. The van der Waals surface area contributed by atoms with Crippen LogP contribution in [0.5, 0.6) is 0 Å². The molecule has 1 aromatic heterocycles. The summed E-state index contributed by atoms with van der Waals surface area (Å²) in [4.78, 5) is 34.0. The van der Waals surface area contributed by atoms with Crippen molar-refractivity contribution in [3.8, 4) is 0 Å². The number of para-hydroxylation sites is 2. The predicted octanol–water partition coefficient (Wildman–Crippen LogP) is 1.56. The SMILES string of the molecule is Cn1c(CCNC(=O)CN2CC3CC(C2)[C@H]2CCCC(=O)N2C3)nc2ccccc21. The van der Waals surface area contributed by atoms with Gasteiger partial charge in [0.15, 0.2) is 0 Å². The number of hydrogen-bond donors (Lipinski definition) is 1. The lowest BCUT2D eigenvalue weighted by Crippen LogP contribution is -2.61. The number of hydrogen-bond acceptors (Lipinski definition) is 4. The summed E-state index contributed by atoms with van der Waals surface area (Å²) in [5.41, 5.74) is 2.12. The number of rotatable bonds is 5. The maximum absolute atomic E-state index is 12.6. The molecule has 1 aromatic carbocycles. The molecule has 3 aliphatic rings. The van der Waals surface area contributed by atoms with E-state index in [0.29, 0.717) is 43.3 Å². The van der Waals surface area contributed by atoms with Gasteiger partial charge in [-0.15, -0.1) is 0 Å². The largest absolute Gasteiger partial charge is 0.355 e. The molecule has 1 N–H and O–H groups in total. The standard InChI is InChI=1S/C23H31N5O2/c1-26-20-6-3-2-5-18(20)25-21(26)9-10-24-22(29)15-27-12-16-11-17(14-27)19-7-4-8-23(30)28(19)13-16/h2-3,5-6,16-17,19H,4,7-15H2,1H3,(H,24,29)/t16?,17?,19-/m1/s1. The molecule has 2 bridgehead atoms. The molecule has 0 radical (unpaired) electrons. The number of aromatic nitrogens is 2. The predicted molar refractivity (Wildman–Crippen MR) is 115 cm³/mol. The number of carbonyl (C=O) groups is 2. The average molecular weight is 410 g/mol. The first-order valence-electron chi connectivity index (χ1n) is 11.3. The minimum absolute atomic E-state index is 0.0883. The first kappa shape index (κ1) is 19.5. The molecule has 2 unspecified atom stereocenters. The molecule has 7 nitrogen and oxygen atoms in total. The van der Waals surface area contributed by atoms with Gasteiger partial charge in [-0.25, -0.2) is 4.98 Å². The second kappa shape index (κ2) is 8.02. The van der Waals surface area contributed by atoms with Crippen molar-refractivity contribution in [1.29, 1.82) is 0 Å². The maximum atomic E-state index is 12.6. The van der Waals surface area contributed by atoms with E-state index in [9.17, 15) is 9.59 Å². The Labute approximate surface area is 177 Å². The molecule has 3 atom stereocenters. The number of nitrogens with zero attached hydrogens (tertiary/aromatic N) is 4. The Kier molecular flexibility index (Phi) is 5.23. The third kappa shape index (κ3) is 3.71. The van der Waals surface area contributed by atoms with Crippen molar-refractivity contribution in [1.82, 2.24) is 24.7 Å². The van der Waals surface area contributed by atoms with E-state index >= 15 is 0 Å². The topological polar surface area (TPSA) is 70.5 Å². The summed E-state index contributed by atoms with van der Waals surface area (Å²) in [6.07, 6.45) is 4.79. The zero-order chi connectivity index (χ0) is 20.7. The van der Waals surface area contributed by atoms with Crippen molar-refractivity contribution < 1.29 is 9.59 Å². The molecule has 2 amide bonds. The quantitative estimate of drug-likeness (QED) is 0.814. The average Bonchev–Trinajstić information content (AvgIpc) is 3.05. The molecule has 160 valence electrons. The Morgan fingerprint density at radius 3 is 2.97 bits per heavy atom. The number of benzene rings is 1. The molecular weight excluding hydrogens is 378 g/mol. The van der Waals surface area contributed by atoms with Gasteiger partial charge in [0.1, 0.15) is 5.82 Å². The Morgan fingerprint density at radius 2 is 2.10 bits per heavy atom. The minimum Gasteiger partial charge on any atom is -0.355 e. The number of aryl methyl sites for hydroxylation is 1. The third-order valence-electron chi connectivity index (χ3n) is 7.17. The van der Waals surface area contributed by atoms with Crippen molar-refractivity contribution in [2.75, 3.05) is 32.7 Å². The Bertz CT molecular complexity index is 954. The van der Waals surface area contributed by atoms with Gasteiger partial charge in [0.05, 0.1) is 17.6 Å². The summed E-state index contributed by atoms with van der Waals surface area (Å²) in [6, 6.07) is 8.50. The van der Waals surface area contributed by atoms with Crippen LogP contribution in [0.25, 0.3) is 11.0 Å². The van der Waals surface area contributed by atoms with Crippen LogP contribution in [0.15, 0.2) is 24.3 Å². The zero-order valence-corrected chi connectivity index (χ0v) is 17.7. The minimum atomic E-state index is 0.0883. The van der Waals surface area contributed by atoms with E-state index in [0.717, 1.165) is 55.8 Å². The van der Waals surface area contributed by atoms with E-state index in [1.54, 1.807) is 0 Å². The van der Waals surface area contributed by atoms with Crippen molar-refractivity contribution in [3.63, 3.8) is 0 Å². The summed E-state index contributed by atoms with van der Waals surface area (Å²) in [5, 5.41) is 3.08. The van der Waals surface area contributed by atoms with Crippen molar-refractivity contribution in [2.45, 2.75) is 38.1 Å². The van der Waals surface area contributed by atoms with Gasteiger partial charge in [-0.2, -0.15) is 0 Å². The fourth-order valence-corrected chi connectivity index (χ4v) is 5.83. The van der Waals surface area contributed by atoms with E-state index < -0.39 is 0 Å². The lowest BCUT2D eigenvalue weighted by Gasteiger charge is -2.52. The van der Waals surface area contributed by atoms with Gasteiger partial charge in [0, 0.05) is 52.1 Å². The Hall–Kier alpha value is -2.41. The number of imidazole rings is 1. The fraction of sp³-hybridized carbons (Fsp3) is 0.609. The first-order chi connectivity index (χ1) is 14.6. The maximum Gasteiger partial charge on any atom is 0.234 e. The van der Waals surface area contributed by atoms with Gasteiger partial charge in [0.2, 0.25) is 11.8 Å². The highest BCUT2D eigenvalue weighted by Gasteiger charge is 2.43. The molecule has 2 aromatic rings. The monoisotopic (exact) mass is 409 g/mol. The highest BCUT2D eigenvalue weighted by molar-refractivity contribution is 5.79. The highest BCUT2D eigenvalue weighted by Crippen LogP contribution is 2.37. The number of piperidine rings is 3. The van der Waals surface area contributed by atoms with Crippen molar-refractivity contribution >= 4 is 22.8 Å². The summed E-state index contributed by atoms with van der Waals surface area (Å²) in [6.45, 7) is 3.79. The van der Waals surface area contributed by atoms with Crippen LogP contribution in [0.3, 0.4) is 0 Å². The molecule has 4 heterocycles. The van der Waals surface area contributed by atoms with Crippen LogP contribution in [0, 0.1) is 11.8 Å². The lowest BCUT2D eigenvalue weighted by molar-refractivity contribution is -0.145. The van der Waals surface area contributed by atoms with Crippen LogP contribution in [0.1, 0.15) is 31.5 Å². The van der Waals surface area contributed by atoms with Crippen LogP contribution in [0.2, 0.25) is 0 Å². The molecule has 0 saturated carbocycles. The number of amides is 2. The summed E-state index contributed by atoms with van der Waals surface area (Å²) < 4.78 is 2.10. The molecular formula is C23H31N5O2. The second-order valence-electron chi connectivity index (χ2n) is 9.24. The smallest absolute Gasteiger partial charge is 0.234 e. The molecule has 7 heteroatoms. The first-order valence-corrected chi connectivity index (χ1v) is 11.3. The second-order valence-corrected chi connectivity index (χ2v) is 9.24. The molecule has 30 heavy (non-hydrogen) atoms. The van der Waals surface area contributed by atoms with Gasteiger partial charge in [-0.1, -0.05) is 12.1 Å². The van der Waals surface area contributed by atoms with Crippen LogP contribution >= 0.6 is 0 Å². The number of fused-ring (bicyclic) bond motifs is 5. The van der Waals surface area contributed by atoms with Gasteiger partial charge < -0.3 is 14.8 Å². The van der Waals surface area contributed by atoms with Gasteiger partial charge in [0.25, 0.3) is 0 Å². The van der Waals surface area contributed by atoms with Gasteiger partial charge in [-0.3, -0.25) is 14.5 Å². The van der Waals surface area contributed by atoms with E-state index in [1.807, 2.05) is 25.2 Å². The van der Waals surface area contributed by atoms with Crippen LogP contribution in [-0.2, 0) is 23.1 Å². The molecule has 3 aliphatic heterocycles. The van der Waals surface area contributed by atoms with E-state index in [2.05, 4.69) is 30.7 Å². The van der Waals surface area contributed by atoms with E-state index in [1.165, 1.54) is 6.42 Å². The fourth-order valence-electron chi connectivity index (χ4n) is 5.83. The number of likely N-dealkylation sites (tertiary alicyclic amines) is 1. The summed E-state index contributed by atoms with van der Waals surface area (Å²) in [5.74, 6) is 2.45. The molecule has 5 rings (SSSR count). The van der Waals surface area contributed by atoms with Crippen LogP contribution in [-0.4, -0.2) is 69.9 Å². The third-order valence-corrected chi connectivity index (χ3v) is 7.17.